The molecule has 1 saturated carbocycles. The Kier molecular flexibility index (Phi) is 5.29. The SMILES string of the molecule is CC(C)c1cccc(C(C)C)c1N1CN(C2CCCCC2)CC1=O. The molecular formula is C21H32N2O. The van der Waals surface area contributed by atoms with E-state index in [9.17, 15) is 4.79 Å². The van der Waals surface area contributed by atoms with E-state index in [2.05, 4.69) is 55.7 Å². The summed E-state index contributed by atoms with van der Waals surface area (Å²) in [6.07, 6.45) is 6.49. The largest absolute Gasteiger partial charge is 0.297 e. The van der Waals surface area contributed by atoms with Crippen molar-refractivity contribution in [2.45, 2.75) is 77.7 Å². The van der Waals surface area contributed by atoms with E-state index in [1.165, 1.54) is 48.9 Å². The Labute approximate surface area is 147 Å². The topological polar surface area (TPSA) is 23.6 Å². The highest BCUT2D eigenvalue weighted by Gasteiger charge is 2.35. The van der Waals surface area contributed by atoms with Gasteiger partial charge in [0.05, 0.1) is 18.9 Å². The van der Waals surface area contributed by atoms with E-state index in [0.29, 0.717) is 24.4 Å². The summed E-state index contributed by atoms with van der Waals surface area (Å²) in [7, 11) is 0. The highest BCUT2D eigenvalue weighted by molar-refractivity contribution is 5.98. The monoisotopic (exact) mass is 328 g/mol. The van der Waals surface area contributed by atoms with Gasteiger partial charge < -0.3 is 0 Å². The highest BCUT2D eigenvalue weighted by Crippen LogP contribution is 2.37. The van der Waals surface area contributed by atoms with E-state index in [1.807, 2.05) is 0 Å². The maximum atomic E-state index is 12.9. The van der Waals surface area contributed by atoms with Gasteiger partial charge in [0.1, 0.15) is 0 Å². The molecule has 1 saturated heterocycles. The van der Waals surface area contributed by atoms with Gasteiger partial charge in [-0.3, -0.25) is 14.6 Å². The molecule has 1 aliphatic carbocycles. The van der Waals surface area contributed by atoms with Crippen LogP contribution in [0.5, 0.6) is 0 Å². The molecule has 1 aromatic rings. The predicted octanol–water partition coefficient (Wildman–Crippen LogP) is 4.87. The number of anilines is 1. The highest BCUT2D eigenvalue weighted by atomic mass is 16.2. The second kappa shape index (κ2) is 7.26. The Morgan fingerprint density at radius 2 is 1.54 bits per heavy atom. The van der Waals surface area contributed by atoms with E-state index in [4.69, 9.17) is 0 Å². The maximum Gasteiger partial charge on any atom is 0.242 e. The lowest BCUT2D eigenvalue weighted by Gasteiger charge is -2.31. The quantitative estimate of drug-likeness (QED) is 0.787. The molecule has 2 fully saturated rings. The number of carbonyl (C=O) groups is 1. The lowest BCUT2D eigenvalue weighted by atomic mass is 9.92. The van der Waals surface area contributed by atoms with Crippen molar-refractivity contribution in [3.63, 3.8) is 0 Å². The molecule has 3 heteroatoms. The van der Waals surface area contributed by atoms with Crippen LogP contribution in [-0.2, 0) is 4.79 Å². The minimum Gasteiger partial charge on any atom is -0.297 e. The Bertz CT molecular complexity index is 561. The van der Waals surface area contributed by atoms with Crippen molar-refractivity contribution in [2.75, 3.05) is 18.1 Å². The number of hydrogen-bond acceptors (Lipinski definition) is 2. The van der Waals surface area contributed by atoms with Crippen LogP contribution >= 0.6 is 0 Å². The van der Waals surface area contributed by atoms with Gasteiger partial charge in [-0.2, -0.15) is 0 Å². The molecule has 1 heterocycles. The van der Waals surface area contributed by atoms with Gasteiger partial charge in [-0.05, 0) is 35.8 Å². The molecule has 3 nitrogen and oxygen atoms in total. The van der Waals surface area contributed by atoms with Crippen LogP contribution in [0.3, 0.4) is 0 Å². The summed E-state index contributed by atoms with van der Waals surface area (Å²) in [6.45, 7) is 10.3. The van der Waals surface area contributed by atoms with Crippen LogP contribution in [0.4, 0.5) is 5.69 Å². The van der Waals surface area contributed by atoms with Crippen molar-refractivity contribution in [1.82, 2.24) is 4.90 Å². The minimum absolute atomic E-state index is 0.274. The van der Waals surface area contributed by atoms with E-state index in [0.717, 1.165) is 6.67 Å². The van der Waals surface area contributed by atoms with Crippen LogP contribution in [0.2, 0.25) is 0 Å². The van der Waals surface area contributed by atoms with Crippen LogP contribution in [0.1, 0.15) is 82.8 Å². The van der Waals surface area contributed by atoms with Crippen LogP contribution in [0.25, 0.3) is 0 Å². The van der Waals surface area contributed by atoms with Crippen LogP contribution in [0, 0.1) is 0 Å². The third-order valence-electron chi connectivity index (χ3n) is 5.67. The van der Waals surface area contributed by atoms with Gasteiger partial charge in [-0.25, -0.2) is 0 Å². The van der Waals surface area contributed by atoms with Crippen LogP contribution in [-0.4, -0.2) is 30.1 Å². The second-order valence-corrected chi connectivity index (χ2v) is 8.10. The first kappa shape index (κ1) is 17.5. The van der Waals surface area contributed by atoms with E-state index in [-0.39, 0.29) is 5.91 Å². The molecule has 0 N–H and O–H groups in total. The number of benzene rings is 1. The number of hydrogen-bond donors (Lipinski definition) is 0. The van der Waals surface area contributed by atoms with Gasteiger partial charge in [0.15, 0.2) is 0 Å². The number of amides is 1. The summed E-state index contributed by atoms with van der Waals surface area (Å²) in [5, 5.41) is 0. The Balaban J connectivity index is 1.92. The standard InChI is InChI=1S/C21H32N2O/c1-15(2)18-11-8-12-19(16(3)4)21(18)23-14-22(13-20(23)24)17-9-6-5-7-10-17/h8,11-12,15-17H,5-7,9-10,13-14H2,1-4H3. The van der Waals surface area contributed by atoms with E-state index in [1.54, 1.807) is 0 Å². The molecule has 132 valence electrons. The fourth-order valence-electron chi connectivity index (χ4n) is 4.28. The molecular weight excluding hydrogens is 296 g/mol. The molecule has 0 atom stereocenters. The number of nitrogens with zero attached hydrogens (tertiary/aromatic N) is 2. The summed E-state index contributed by atoms with van der Waals surface area (Å²) in [6, 6.07) is 7.14. The number of carbonyl (C=O) groups excluding carboxylic acids is 1. The Hall–Kier alpha value is -1.35. The van der Waals surface area contributed by atoms with Crippen LogP contribution in [0.15, 0.2) is 18.2 Å². The number of rotatable bonds is 4. The van der Waals surface area contributed by atoms with Gasteiger partial charge >= 0.3 is 0 Å². The van der Waals surface area contributed by atoms with Gasteiger partial charge in [0, 0.05) is 6.04 Å². The first-order valence-corrected chi connectivity index (χ1v) is 9.66. The molecule has 1 amide bonds. The summed E-state index contributed by atoms with van der Waals surface area (Å²) in [5.74, 6) is 1.13. The molecule has 0 spiro atoms. The zero-order chi connectivity index (χ0) is 17.3. The maximum absolute atomic E-state index is 12.9. The number of para-hydroxylation sites is 1. The summed E-state index contributed by atoms with van der Waals surface area (Å²) >= 11 is 0. The van der Waals surface area contributed by atoms with E-state index < -0.39 is 0 Å². The normalized spacial score (nSPS) is 20.6. The van der Waals surface area contributed by atoms with Crippen molar-refractivity contribution in [1.29, 1.82) is 0 Å². The average molecular weight is 329 g/mol. The first-order valence-electron chi connectivity index (χ1n) is 9.66. The third kappa shape index (κ3) is 3.37. The predicted molar refractivity (Wildman–Crippen MR) is 101 cm³/mol. The zero-order valence-electron chi connectivity index (χ0n) is 15.7. The first-order chi connectivity index (χ1) is 11.5. The molecule has 1 aliphatic heterocycles. The summed E-state index contributed by atoms with van der Waals surface area (Å²) < 4.78 is 0. The Morgan fingerprint density at radius 1 is 0.958 bits per heavy atom. The summed E-state index contributed by atoms with van der Waals surface area (Å²) in [4.78, 5) is 17.3. The van der Waals surface area contributed by atoms with Crippen molar-refractivity contribution in [3.05, 3.63) is 29.3 Å². The molecule has 0 unspecified atom stereocenters. The molecule has 0 aromatic heterocycles. The molecule has 0 radical (unpaired) electrons. The Morgan fingerprint density at radius 3 is 2.08 bits per heavy atom. The van der Waals surface area contributed by atoms with Crippen LogP contribution < -0.4 is 4.90 Å². The van der Waals surface area contributed by atoms with E-state index >= 15 is 0 Å². The average Bonchev–Trinajstić information content (AvgIpc) is 2.96. The zero-order valence-corrected chi connectivity index (χ0v) is 15.7. The second-order valence-electron chi connectivity index (χ2n) is 8.10. The smallest absolute Gasteiger partial charge is 0.242 e. The molecule has 0 bridgehead atoms. The lowest BCUT2D eigenvalue weighted by molar-refractivity contribution is -0.116. The minimum atomic E-state index is 0.274. The molecule has 2 aliphatic rings. The van der Waals surface area contributed by atoms with Crippen molar-refractivity contribution < 1.29 is 4.79 Å². The fourth-order valence-corrected chi connectivity index (χ4v) is 4.28. The van der Waals surface area contributed by atoms with Gasteiger partial charge in [-0.15, -0.1) is 0 Å². The van der Waals surface area contributed by atoms with Crippen molar-refractivity contribution >= 4 is 11.6 Å². The summed E-state index contributed by atoms with van der Waals surface area (Å²) in [5.41, 5.74) is 3.80. The van der Waals surface area contributed by atoms with Gasteiger partial charge in [0.25, 0.3) is 0 Å². The molecule has 1 aromatic carbocycles. The molecule has 24 heavy (non-hydrogen) atoms. The van der Waals surface area contributed by atoms with Crippen molar-refractivity contribution in [3.8, 4) is 0 Å². The lowest BCUT2D eigenvalue weighted by Crippen LogP contribution is -2.36. The fraction of sp³-hybridized carbons (Fsp3) is 0.667. The van der Waals surface area contributed by atoms with Gasteiger partial charge in [-0.1, -0.05) is 65.2 Å². The van der Waals surface area contributed by atoms with Crippen molar-refractivity contribution in [2.24, 2.45) is 0 Å². The third-order valence-corrected chi connectivity index (χ3v) is 5.67. The molecule has 3 rings (SSSR count). The van der Waals surface area contributed by atoms with Gasteiger partial charge in [0.2, 0.25) is 5.91 Å².